The maximum atomic E-state index is 3.55. The SMILES string of the molecule is Cc1ccc(-c2csc(Nc3ccccc3)[n+]2-c2ccccc2)cc1.[Cl-]. The summed E-state index contributed by atoms with van der Waals surface area (Å²) in [5.74, 6) is 0. The second-order valence-electron chi connectivity index (χ2n) is 5.95. The highest BCUT2D eigenvalue weighted by atomic mass is 35.5. The summed E-state index contributed by atoms with van der Waals surface area (Å²) in [5.41, 5.74) is 5.91. The lowest BCUT2D eigenvalue weighted by Gasteiger charge is -2.06. The van der Waals surface area contributed by atoms with Crippen molar-refractivity contribution >= 4 is 22.2 Å². The smallest absolute Gasteiger partial charge is 0.344 e. The average molecular weight is 379 g/mol. The van der Waals surface area contributed by atoms with Gasteiger partial charge in [0.2, 0.25) is 0 Å². The van der Waals surface area contributed by atoms with Gasteiger partial charge in [0.25, 0.3) is 0 Å². The number of thiazole rings is 1. The zero-order valence-corrected chi connectivity index (χ0v) is 16.0. The van der Waals surface area contributed by atoms with Crippen molar-refractivity contribution in [3.63, 3.8) is 0 Å². The number of benzene rings is 3. The summed E-state index contributed by atoms with van der Waals surface area (Å²) in [5, 5.41) is 6.86. The molecule has 0 aliphatic heterocycles. The molecule has 0 saturated heterocycles. The molecule has 3 aromatic carbocycles. The average Bonchev–Trinajstić information content (AvgIpc) is 3.07. The number of nitrogens with one attached hydrogen (secondary N) is 1. The molecule has 26 heavy (non-hydrogen) atoms. The lowest BCUT2D eigenvalue weighted by atomic mass is 10.1. The first-order valence-electron chi connectivity index (χ1n) is 8.29. The van der Waals surface area contributed by atoms with Gasteiger partial charge in [-0.05, 0) is 31.2 Å². The van der Waals surface area contributed by atoms with Crippen molar-refractivity contribution < 1.29 is 17.0 Å². The van der Waals surface area contributed by atoms with Crippen LogP contribution in [0.3, 0.4) is 0 Å². The van der Waals surface area contributed by atoms with Gasteiger partial charge in [0.1, 0.15) is 11.4 Å². The molecule has 4 heteroatoms. The highest BCUT2D eigenvalue weighted by Crippen LogP contribution is 2.27. The Hall–Kier alpha value is -2.62. The van der Waals surface area contributed by atoms with Gasteiger partial charge in [-0.15, -0.1) is 0 Å². The molecule has 0 spiro atoms. The molecule has 1 N–H and O–H groups in total. The Kier molecular flexibility index (Phi) is 5.71. The highest BCUT2D eigenvalue weighted by molar-refractivity contribution is 7.13. The van der Waals surface area contributed by atoms with Gasteiger partial charge in [-0.25, -0.2) is 5.32 Å². The number of aromatic nitrogens is 1. The molecule has 0 radical (unpaired) electrons. The Morgan fingerprint density at radius 3 is 2.04 bits per heavy atom. The van der Waals surface area contributed by atoms with Crippen molar-refractivity contribution in [1.29, 1.82) is 0 Å². The number of anilines is 2. The fourth-order valence-corrected chi connectivity index (χ4v) is 3.76. The molecular weight excluding hydrogens is 360 g/mol. The molecule has 4 rings (SSSR count). The van der Waals surface area contributed by atoms with Crippen molar-refractivity contribution in [1.82, 2.24) is 0 Å². The van der Waals surface area contributed by atoms with Crippen LogP contribution in [0.2, 0.25) is 0 Å². The van der Waals surface area contributed by atoms with E-state index in [2.05, 4.69) is 82.9 Å². The summed E-state index contributed by atoms with van der Waals surface area (Å²) in [6, 6.07) is 29.5. The van der Waals surface area contributed by atoms with Crippen LogP contribution in [-0.2, 0) is 0 Å². The zero-order chi connectivity index (χ0) is 17.1. The van der Waals surface area contributed by atoms with Gasteiger partial charge in [-0.1, -0.05) is 77.6 Å². The third-order valence-corrected chi connectivity index (χ3v) is 4.96. The minimum Gasteiger partial charge on any atom is -1.00 e. The second kappa shape index (κ2) is 8.17. The van der Waals surface area contributed by atoms with E-state index in [9.17, 15) is 0 Å². The number of aryl methyl sites for hydroxylation is 1. The Morgan fingerprint density at radius 2 is 1.38 bits per heavy atom. The minimum atomic E-state index is 0. The quantitative estimate of drug-likeness (QED) is 0.540. The van der Waals surface area contributed by atoms with Gasteiger partial charge in [0.05, 0.1) is 0 Å². The summed E-state index contributed by atoms with van der Waals surface area (Å²) < 4.78 is 2.28. The van der Waals surface area contributed by atoms with Gasteiger partial charge in [-0.3, -0.25) is 0 Å². The van der Waals surface area contributed by atoms with E-state index in [1.165, 1.54) is 16.8 Å². The predicted octanol–water partition coefficient (Wildman–Crippen LogP) is 2.75. The summed E-state index contributed by atoms with van der Waals surface area (Å²) >= 11 is 1.72. The van der Waals surface area contributed by atoms with Crippen LogP contribution in [0.15, 0.2) is 90.3 Å². The van der Waals surface area contributed by atoms with E-state index < -0.39 is 0 Å². The van der Waals surface area contributed by atoms with Crippen molar-refractivity contribution in [3.8, 4) is 16.9 Å². The van der Waals surface area contributed by atoms with E-state index in [1.54, 1.807) is 11.3 Å². The molecule has 0 bridgehead atoms. The normalized spacial score (nSPS) is 10.2. The number of para-hydroxylation sites is 2. The molecule has 0 unspecified atom stereocenters. The van der Waals surface area contributed by atoms with Crippen molar-refractivity contribution in [2.45, 2.75) is 6.92 Å². The van der Waals surface area contributed by atoms with Crippen molar-refractivity contribution in [2.75, 3.05) is 5.32 Å². The lowest BCUT2D eigenvalue weighted by Crippen LogP contribution is -3.00. The van der Waals surface area contributed by atoms with Crippen LogP contribution in [0.1, 0.15) is 5.56 Å². The summed E-state index contributed by atoms with van der Waals surface area (Å²) in [6.07, 6.45) is 0. The highest BCUT2D eigenvalue weighted by Gasteiger charge is 2.21. The molecule has 1 aromatic heterocycles. The van der Waals surface area contributed by atoms with Gasteiger partial charge in [-0.2, -0.15) is 4.57 Å². The third-order valence-electron chi connectivity index (χ3n) is 4.11. The Labute approximate surface area is 164 Å². The fraction of sp³-hybridized carbons (Fsp3) is 0.0455. The lowest BCUT2D eigenvalue weighted by molar-refractivity contribution is -0.563. The van der Waals surface area contributed by atoms with Crippen LogP contribution in [0.4, 0.5) is 10.8 Å². The first kappa shape index (κ1) is 18.2. The van der Waals surface area contributed by atoms with Crippen molar-refractivity contribution in [3.05, 3.63) is 95.9 Å². The summed E-state index contributed by atoms with van der Waals surface area (Å²) in [4.78, 5) is 0. The number of nitrogens with zero attached hydrogens (tertiary/aromatic N) is 1. The van der Waals surface area contributed by atoms with Gasteiger partial charge in [0.15, 0.2) is 5.69 Å². The molecular formula is C22H19ClN2S. The van der Waals surface area contributed by atoms with Crippen LogP contribution in [-0.4, -0.2) is 0 Å². The molecule has 130 valence electrons. The molecule has 2 nitrogen and oxygen atoms in total. The van der Waals surface area contributed by atoms with Crippen LogP contribution in [0.5, 0.6) is 0 Å². The molecule has 0 amide bonds. The maximum absolute atomic E-state index is 3.55. The molecule has 0 aliphatic carbocycles. The largest absolute Gasteiger partial charge is 1.00 e. The van der Waals surface area contributed by atoms with E-state index in [0.717, 1.165) is 16.5 Å². The van der Waals surface area contributed by atoms with E-state index in [1.807, 2.05) is 24.3 Å². The van der Waals surface area contributed by atoms with Gasteiger partial charge >= 0.3 is 5.13 Å². The van der Waals surface area contributed by atoms with E-state index >= 15 is 0 Å². The van der Waals surface area contributed by atoms with E-state index in [0.29, 0.717) is 0 Å². The Balaban J connectivity index is 0.00000196. The van der Waals surface area contributed by atoms with E-state index in [4.69, 9.17) is 0 Å². The molecule has 4 aromatic rings. The minimum absolute atomic E-state index is 0. The summed E-state index contributed by atoms with van der Waals surface area (Å²) in [7, 11) is 0. The standard InChI is InChI=1S/C22H18N2S.ClH/c1-17-12-14-18(15-13-17)21-16-25-22(23-19-8-4-2-5-9-19)24(21)20-10-6-3-7-11-20;/h2-16H,1H3;1H. The third kappa shape index (κ3) is 3.79. The van der Waals surface area contributed by atoms with Crippen molar-refractivity contribution in [2.24, 2.45) is 0 Å². The molecule has 0 aliphatic rings. The molecule has 0 atom stereocenters. The monoisotopic (exact) mass is 378 g/mol. The second-order valence-corrected chi connectivity index (χ2v) is 6.81. The predicted molar refractivity (Wildman–Crippen MR) is 106 cm³/mol. The topological polar surface area (TPSA) is 15.9 Å². The van der Waals surface area contributed by atoms with Gasteiger partial charge in [0, 0.05) is 10.9 Å². The van der Waals surface area contributed by atoms with Crippen LogP contribution in [0, 0.1) is 6.92 Å². The molecule has 1 heterocycles. The number of hydrogen-bond donors (Lipinski definition) is 1. The van der Waals surface area contributed by atoms with Crippen LogP contribution < -0.4 is 22.3 Å². The Morgan fingerprint density at radius 1 is 0.769 bits per heavy atom. The summed E-state index contributed by atoms with van der Waals surface area (Å²) in [6.45, 7) is 2.12. The molecule has 0 saturated carbocycles. The maximum Gasteiger partial charge on any atom is 0.344 e. The van der Waals surface area contributed by atoms with Crippen LogP contribution >= 0.6 is 11.3 Å². The number of hydrogen-bond acceptors (Lipinski definition) is 2. The zero-order valence-electron chi connectivity index (χ0n) is 14.4. The van der Waals surface area contributed by atoms with Crippen LogP contribution in [0.25, 0.3) is 16.9 Å². The first-order valence-corrected chi connectivity index (χ1v) is 9.17. The fourth-order valence-electron chi connectivity index (χ4n) is 2.81. The number of halogens is 1. The van der Waals surface area contributed by atoms with E-state index in [-0.39, 0.29) is 12.4 Å². The first-order chi connectivity index (χ1) is 12.3. The van der Waals surface area contributed by atoms with Gasteiger partial charge < -0.3 is 12.4 Å². The Bertz CT molecular complexity index is 964. The molecule has 0 fully saturated rings. The number of rotatable bonds is 4.